The number of pyridine rings is 1. The molecule has 1 atom stereocenters. The molecule has 10 heteroatoms. The standard InChI is InChI=1S/C12H17BN2O6S/c1-11(2)12(3,4)21-13(20-11)8-5-6-9(14-7-8)19-10(16)15-22(17)18/h5-7H,1-4H3,(H,15,16)(H,17,18). The van der Waals surface area contributed by atoms with Crippen molar-refractivity contribution in [3.8, 4) is 5.88 Å². The Hall–Kier alpha value is -1.49. The number of amides is 1. The highest BCUT2D eigenvalue weighted by atomic mass is 32.2. The summed E-state index contributed by atoms with van der Waals surface area (Å²) in [4.78, 5) is 15.1. The normalized spacial score (nSPS) is 20.5. The number of hydrogen-bond donors (Lipinski definition) is 2. The highest BCUT2D eigenvalue weighted by Crippen LogP contribution is 2.36. The summed E-state index contributed by atoms with van der Waals surface area (Å²) < 4.78 is 37.0. The second-order valence-corrected chi connectivity index (χ2v) is 6.46. The van der Waals surface area contributed by atoms with E-state index in [0.29, 0.717) is 5.46 Å². The van der Waals surface area contributed by atoms with Gasteiger partial charge in [0, 0.05) is 17.7 Å². The van der Waals surface area contributed by atoms with Gasteiger partial charge in [0.15, 0.2) is 0 Å². The van der Waals surface area contributed by atoms with E-state index < -0.39 is 35.7 Å². The number of ether oxygens (including phenoxy) is 1. The number of hydrogen-bond acceptors (Lipinski definition) is 6. The molecule has 1 aliphatic rings. The fourth-order valence-corrected chi connectivity index (χ4v) is 1.94. The lowest BCUT2D eigenvalue weighted by Crippen LogP contribution is -2.41. The molecule has 2 rings (SSSR count). The Balaban J connectivity index is 2.04. The Labute approximate surface area is 131 Å². The molecule has 120 valence electrons. The van der Waals surface area contributed by atoms with Crippen LogP contribution < -0.4 is 14.9 Å². The van der Waals surface area contributed by atoms with Crippen molar-refractivity contribution in [2.45, 2.75) is 38.9 Å². The Bertz CT molecular complexity index is 576. The Morgan fingerprint density at radius 2 is 1.91 bits per heavy atom. The SMILES string of the molecule is CC1(C)OB(c2ccc(OC(=O)NS(=O)O)nc2)OC1(C)C. The number of aromatic nitrogens is 1. The fourth-order valence-electron chi connectivity index (χ4n) is 1.76. The third-order valence-electron chi connectivity index (χ3n) is 3.65. The molecule has 0 spiro atoms. The summed E-state index contributed by atoms with van der Waals surface area (Å²) in [7, 11) is -0.565. The molecule has 0 bridgehead atoms. The van der Waals surface area contributed by atoms with Crippen LogP contribution in [0.5, 0.6) is 5.88 Å². The first-order valence-corrected chi connectivity index (χ1v) is 7.62. The third kappa shape index (κ3) is 3.64. The van der Waals surface area contributed by atoms with E-state index in [2.05, 4.69) is 4.98 Å². The van der Waals surface area contributed by atoms with Gasteiger partial charge in [0.2, 0.25) is 5.88 Å². The summed E-state index contributed by atoms with van der Waals surface area (Å²) in [5, 5.41) is 0. The Morgan fingerprint density at radius 1 is 1.32 bits per heavy atom. The monoisotopic (exact) mass is 328 g/mol. The predicted octanol–water partition coefficient (Wildman–Crippen LogP) is 0.606. The smallest absolute Gasteiger partial charge is 0.399 e. The van der Waals surface area contributed by atoms with Crippen LogP contribution in [0.15, 0.2) is 18.3 Å². The van der Waals surface area contributed by atoms with Gasteiger partial charge in [0.1, 0.15) is 0 Å². The molecule has 2 heterocycles. The summed E-state index contributed by atoms with van der Waals surface area (Å²) in [6.45, 7) is 7.77. The molecule has 8 nitrogen and oxygen atoms in total. The van der Waals surface area contributed by atoms with Crippen LogP contribution in [0.4, 0.5) is 4.79 Å². The van der Waals surface area contributed by atoms with Gasteiger partial charge >= 0.3 is 13.2 Å². The molecule has 0 aliphatic carbocycles. The molecule has 1 aromatic rings. The Kier molecular flexibility index (Phi) is 4.57. The molecule has 0 radical (unpaired) electrons. The van der Waals surface area contributed by atoms with Gasteiger partial charge in [-0.2, -0.15) is 0 Å². The molecule has 22 heavy (non-hydrogen) atoms. The zero-order chi connectivity index (χ0) is 16.5. The molecule has 1 amide bonds. The minimum atomic E-state index is -2.49. The van der Waals surface area contributed by atoms with Gasteiger partial charge in [0.05, 0.1) is 11.2 Å². The number of rotatable bonds is 3. The predicted molar refractivity (Wildman–Crippen MR) is 79.9 cm³/mol. The van der Waals surface area contributed by atoms with E-state index in [-0.39, 0.29) is 5.88 Å². The minimum Gasteiger partial charge on any atom is -0.399 e. The van der Waals surface area contributed by atoms with Crippen molar-refractivity contribution in [2.24, 2.45) is 0 Å². The summed E-state index contributed by atoms with van der Waals surface area (Å²) in [5.41, 5.74) is -0.243. The molecular formula is C12H17BN2O6S. The van der Waals surface area contributed by atoms with E-state index >= 15 is 0 Å². The summed E-state index contributed by atoms with van der Waals surface area (Å²) >= 11 is -2.49. The second kappa shape index (κ2) is 5.96. The van der Waals surface area contributed by atoms with E-state index in [9.17, 15) is 9.00 Å². The lowest BCUT2D eigenvalue weighted by atomic mass is 9.80. The van der Waals surface area contributed by atoms with Crippen LogP contribution in [0.25, 0.3) is 0 Å². The molecule has 1 saturated heterocycles. The van der Waals surface area contributed by atoms with Crippen molar-refractivity contribution < 1.29 is 27.6 Å². The van der Waals surface area contributed by atoms with E-state index in [4.69, 9.17) is 18.6 Å². The van der Waals surface area contributed by atoms with Crippen LogP contribution in [0.3, 0.4) is 0 Å². The summed E-state index contributed by atoms with van der Waals surface area (Å²) in [6, 6.07) is 3.09. The van der Waals surface area contributed by atoms with E-state index in [1.165, 1.54) is 12.3 Å². The lowest BCUT2D eigenvalue weighted by molar-refractivity contribution is 0.00578. The van der Waals surface area contributed by atoms with Gasteiger partial charge in [-0.1, -0.05) is 6.07 Å². The number of nitrogens with one attached hydrogen (secondary N) is 1. The quantitative estimate of drug-likeness (QED) is 0.618. The van der Waals surface area contributed by atoms with E-state index in [0.717, 1.165) is 0 Å². The highest BCUT2D eigenvalue weighted by molar-refractivity contribution is 7.77. The first kappa shape index (κ1) is 16.9. The number of nitrogens with zero attached hydrogens (tertiary/aromatic N) is 1. The highest BCUT2D eigenvalue weighted by Gasteiger charge is 2.51. The topological polar surface area (TPSA) is 107 Å². The van der Waals surface area contributed by atoms with Gasteiger partial charge in [-0.15, -0.1) is 0 Å². The number of carbonyl (C=O) groups excluding carboxylic acids is 1. The van der Waals surface area contributed by atoms with Gasteiger partial charge in [-0.05, 0) is 27.7 Å². The summed E-state index contributed by atoms with van der Waals surface area (Å²) in [5.74, 6) is -0.0109. The first-order chi connectivity index (χ1) is 10.1. The average Bonchev–Trinajstić information content (AvgIpc) is 2.58. The van der Waals surface area contributed by atoms with Gasteiger partial charge in [-0.3, -0.25) is 4.55 Å². The van der Waals surface area contributed by atoms with Crippen LogP contribution in [0, 0.1) is 0 Å². The Morgan fingerprint density at radius 3 is 2.36 bits per heavy atom. The molecule has 1 aromatic heterocycles. The maximum Gasteiger partial charge on any atom is 0.496 e. The van der Waals surface area contributed by atoms with Crippen molar-refractivity contribution in [1.29, 1.82) is 0 Å². The van der Waals surface area contributed by atoms with Crippen molar-refractivity contribution in [3.05, 3.63) is 18.3 Å². The van der Waals surface area contributed by atoms with Crippen LogP contribution >= 0.6 is 0 Å². The van der Waals surface area contributed by atoms with Crippen molar-refractivity contribution in [1.82, 2.24) is 9.71 Å². The van der Waals surface area contributed by atoms with Crippen LogP contribution in [-0.4, -0.2) is 38.2 Å². The van der Waals surface area contributed by atoms with Crippen molar-refractivity contribution in [3.63, 3.8) is 0 Å². The molecule has 1 fully saturated rings. The molecule has 0 saturated carbocycles. The van der Waals surface area contributed by atoms with Crippen LogP contribution in [0.2, 0.25) is 0 Å². The zero-order valence-electron chi connectivity index (χ0n) is 12.7. The van der Waals surface area contributed by atoms with E-state index in [1.54, 1.807) is 10.8 Å². The maximum atomic E-state index is 11.2. The lowest BCUT2D eigenvalue weighted by Gasteiger charge is -2.32. The largest absolute Gasteiger partial charge is 0.496 e. The van der Waals surface area contributed by atoms with Crippen molar-refractivity contribution >= 4 is 29.9 Å². The second-order valence-electron chi connectivity index (χ2n) is 5.76. The molecule has 2 N–H and O–H groups in total. The van der Waals surface area contributed by atoms with Crippen molar-refractivity contribution in [2.75, 3.05) is 0 Å². The first-order valence-electron chi connectivity index (χ1n) is 6.52. The minimum absolute atomic E-state index is 0.0109. The number of carbonyl (C=O) groups is 1. The molecular weight excluding hydrogens is 311 g/mol. The molecule has 1 unspecified atom stereocenters. The fraction of sp³-hybridized carbons (Fsp3) is 0.500. The summed E-state index contributed by atoms with van der Waals surface area (Å²) in [6.07, 6.45) is 0.387. The van der Waals surface area contributed by atoms with Crippen LogP contribution in [-0.2, 0) is 20.6 Å². The van der Waals surface area contributed by atoms with Gasteiger partial charge in [-0.25, -0.2) is 18.7 Å². The third-order valence-corrected chi connectivity index (χ3v) is 3.99. The maximum absolute atomic E-state index is 11.2. The average molecular weight is 328 g/mol. The van der Waals surface area contributed by atoms with E-state index in [1.807, 2.05) is 27.7 Å². The van der Waals surface area contributed by atoms with Gasteiger partial charge < -0.3 is 14.0 Å². The molecule has 0 aromatic carbocycles. The van der Waals surface area contributed by atoms with Crippen LogP contribution in [0.1, 0.15) is 27.7 Å². The zero-order valence-corrected chi connectivity index (χ0v) is 13.5. The molecule has 1 aliphatic heterocycles. The van der Waals surface area contributed by atoms with Gasteiger partial charge in [0.25, 0.3) is 11.3 Å².